The van der Waals surface area contributed by atoms with Gasteiger partial charge in [0.1, 0.15) is 0 Å². The van der Waals surface area contributed by atoms with Gasteiger partial charge in [0.05, 0.1) is 8.67 Å². The number of hydrogen-bond donors (Lipinski definition) is 1. The van der Waals surface area contributed by atoms with Crippen molar-refractivity contribution in [1.82, 2.24) is 0 Å². The first-order valence-corrected chi connectivity index (χ1v) is 9.92. The summed E-state index contributed by atoms with van der Waals surface area (Å²) in [6.45, 7) is 2.27. The molecule has 0 fully saturated rings. The van der Waals surface area contributed by atoms with Crippen molar-refractivity contribution in [3.8, 4) is 0 Å². The quantitative estimate of drug-likeness (QED) is 0.391. The van der Waals surface area contributed by atoms with Crippen molar-refractivity contribution < 1.29 is 0 Å². The smallest absolute Gasteiger partial charge is 0.0991 e. The number of hydrogen-bond acceptors (Lipinski definition) is 2. The second-order valence-electron chi connectivity index (χ2n) is 5.86. The molecule has 21 heavy (non-hydrogen) atoms. The summed E-state index contributed by atoms with van der Waals surface area (Å²) in [6, 6.07) is 1.95. The van der Waals surface area contributed by atoms with Crippen LogP contribution in [0.5, 0.6) is 0 Å². The molecule has 4 heteroatoms. The van der Waals surface area contributed by atoms with Crippen LogP contribution in [0.4, 0.5) is 0 Å². The fourth-order valence-corrected chi connectivity index (χ4v) is 4.21. The Balaban J connectivity index is 1.98. The van der Waals surface area contributed by atoms with Gasteiger partial charge in [-0.15, -0.1) is 11.3 Å². The van der Waals surface area contributed by atoms with Crippen molar-refractivity contribution in [2.75, 3.05) is 0 Å². The van der Waals surface area contributed by atoms with Crippen LogP contribution in [-0.4, -0.2) is 0 Å². The molecule has 122 valence electrons. The lowest BCUT2D eigenvalue weighted by molar-refractivity contribution is 0.529. The fourth-order valence-electron chi connectivity index (χ4n) is 2.61. The lowest BCUT2D eigenvalue weighted by atomic mass is 10.0. The number of nitrogens with two attached hydrogens (primary N) is 1. The standard InChI is InChI=1S/C17H29Cl2NS/c1-2-3-4-5-6-7-8-9-10-11-12-15(20)14-13-16(18)21-17(14)19/h13,15H,2-12,20H2,1H3. The maximum Gasteiger partial charge on any atom is 0.0991 e. The average Bonchev–Trinajstić information content (AvgIpc) is 2.79. The van der Waals surface area contributed by atoms with Crippen LogP contribution in [0.1, 0.15) is 89.2 Å². The van der Waals surface area contributed by atoms with Crippen LogP contribution in [0.15, 0.2) is 6.07 Å². The minimum absolute atomic E-state index is 0.0373. The minimum Gasteiger partial charge on any atom is -0.324 e. The largest absolute Gasteiger partial charge is 0.324 e. The molecule has 1 unspecified atom stereocenters. The van der Waals surface area contributed by atoms with Crippen LogP contribution in [0.25, 0.3) is 0 Å². The molecule has 1 atom stereocenters. The van der Waals surface area contributed by atoms with Gasteiger partial charge < -0.3 is 5.73 Å². The van der Waals surface area contributed by atoms with Gasteiger partial charge in [-0.2, -0.15) is 0 Å². The third-order valence-electron chi connectivity index (χ3n) is 3.95. The molecule has 0 amide bonds. The molecule has 0 aliphatic carbocycles. The minimum atomic E-state index is 0.0373. The normalized spacial score (nSPS) is 12.8. The molecule has 0 bridgehead atoms. The van der Waals surface area contributed by atoms with Crippen molar-refractivity contribution in [3.63, 3.8) is 0 Å². The second kappa shape index (κ2) is 11.8. The van der Waals surface area contributed by atoms with E-state index in [-0.39, 0.29) is 6.04 Å². The highest BCUT2D eigenvalue weighted by molar-refractivity contribution is 7.20. The van der Waals surface area contributed by atoms with Gasteiger partial charge in [0.2, 0.25) is 0 Å². The SMILES string of the molecule is CCCCCCCCCCCCC(N)c1cc(Cl)sc1Cl. The summed E-state index contributed by atoms with van der Waals surface area (Å²) in [5.74, 6) is 0. The average molecular weight is 350 g/mol. The third-order valence-corrected chi connectivity index (χ3v) is 5.47. The van der Waals surface area contributed by atoms with Gasteiger partial charge in [0.25, 0.3) is 0 Å². The van der Waals surface area contributed by atoms with Crippen molar-refractivity contribution in [2.24, 2.45) is 5.73 Å². The Morgan fingerprint density at radius 2 is 1.48 bits per heavy atom. The van der Waals surface area contributed by atoms with E-state index in [0.717, 1.165) is 20.7 Å². The lowest BCUT2D eigenvalue weighted by Crippen LogP contribution is -2.09. The number of thiophene rings is 1. The molecular weight excluding hydrogens is 321 g/mol. The molecule has 2 N–H and O–H groups in total. The molecule has 1 rings (SSSR count). The Labute approximate surface area is 144 Å². The Bertz CT molecular complexity index is 379. The van der Waals surface area contributed by atoms with Crippen molar-refractivity contribution in [1.29, 1.82) is 0 Å². The predicted octanol–water partition coefficient (Wildman–Crippen LogP) is 7.37. The highest BCUT2D eigenvalue weighted by Crippen LogP contribution is 2.35. The van der Waals surface area contributed by atoms with E-state index in [2.05, 4.69) is 6.92 Å². The fraction of sp³-hybridized carbons (Fsp3) is 0.765. The molecular formula is C17H29Cl2NS. The molecule has 0 radical (unpaired) electrons. The summed E-state index contributed by atoms with van der Waals surface area (Å²) in [5, 5.41) is 0. The molecule has 0 saturated carbocycles. The molecule has 1 heterocycles. The molecule has 0 spiro atoms. The second-order valence-corrected chi connectivity index (χ2v) is 8.14. The Morgan fingerprint density at radius 3 is 1.95 bits per heavy atom. The lowest BCUT2D eigenvalue weighted by Gasteiger charge is -2.10. The highest BCUT2D eigenvalue weighted by atomic mass is 35.5. The molecule has 1 nitrogen and oxygen atoms in total. The van der Waals surface area contributed by atoms with Crippen molar-refractivity contribution in [3.05, 3.63) is 20.3 Å². The summed E-state index contributed by atoms with van der Waals surface area (Å²) >= 11 is 13.5. The zero-order valence-corrected chi connectivity index (χ0v) is 15.5. The molecule has 0 saturated heterocycles. The maximum atomic E-state index is 6.18. The summed E-state index contributed by atoms with van der Waals surface area (Å²) in [4.78, 5) is 0. The first-order chi connectivity index (χ1) is 10.1. The van der Waals surface area contributed by atoms with Crippen LogP contribution >= 0.6 is 34.5 Å². The van der Waals surface area contributed by atoms with Crippen LogP contribution in [-0.2, 0) is 0 Å². The Morgan fingerprint density at radius 1 is 0.952 bits per heavy atom. The summed E-state index contributed by atoms with van der Waals surface area (Å²) in [5.41, 5.74) is 7.20. The number of rotatable bonds is 12. The van der Waals surface area contributed by atoms with Crippen LogP contribution in [0.2, 0.25) is 8.67 Å². The van der Waals surface area contributed by atoms with Gasteiger partial charge >= 0.3 is 0 Å². The number of unbranched alkanes of at least 4 members (excludes halogenated alkanes) is 9. The first kappa shape index (κ1) is 19.3. The van der Waals surface area contributed by atoms with E-state index in [1.165, 1.54) is 75.5 Å². The topological polar surface area (TPSA) is 26.0 Å². The van der Waals surface area contributed by atoms with E-state index in [1.54, 1.807) is 0 Å². The summed E-state index contributed by atoms with van der Waals surface area (Å²) in [7, 11) is 0. The zero-order valence-electron chi connectivity index (χ0n) is 13.2. The summed E-state index contributed by atoms with van der Waals surface area (Å²) < 4.78 is 1.48. The van der Waals surface area contributed by atoms with Gasteiger partial charge in [0, 0.05) is 6.04 Å². The highest BCUT2D eigenvalue weighted by Gasteiger charge is 2.13. The zero-order chi connectivity index (χ0) is 15.5. The van der Waals surface area contributed by atoms with E-state index in [1.807, 2.05) is 6.07 Å². The third kappa shape index (κ3) is 8.44. The van der Waals surface area contributed by atoms with Crippen molar-refractivity contribution >= 4 is 34.5 Å². The van der Waals surface area contributed by atoms with Gasteiger partial charge in [-0.1, -0.05) is 94.3 Å². The van der Waals surface area contributed by atoms with E-state index in [4.69, 9.17) is 28.9 Å². The van der Waals surface area contributed by atoms with Crippen LogP contribution in [0.3, 0.4) is 0 Å². The van der Waals surface area contributed by atoms with Gasteiger partial charge in [0.15, 0.2) is 0 Å². The molecule has 0 aromatic carbocycles. The van der Waals surface area contributed by atoms with E-state index in [9.17, 15) is 0 Å². The van der Waals surface area contributed by atoms with Crippen molar-refractivity contribution in [2.45, 2.75) is 83.6 Å². The van der Waals surface area contributed by atoms with Crippen LogP contribution in [0, 0.1) is 0 Å². The molecule has 0 aliphatic rings. The van der Waals surface area contributed by atoms with E-state index in [0.29, 0.717) is 0 Å². The monoisotopic (exact) mass is 349 g/mol. The van der Waals surface area contributed by atoms with Gasteiger partial charge in [-0.3, -0.25) is 0 Å². The predicted molar refractivity (Wildman–Crippen MR) is 97.7 cm³/mol. The van der Waals surface area contributed by atoms with Crippen LogP contribution < -0.4 is 5.73 Å². The number of halogens is 2. The molecule has 1 aromatic rings. The Kier molecular flexibility index (Phi) is 10.8. The van der Waals surface area contributed by atoms with E-state index >= 15 is 0 Å². The maximum absolute atomic E-state index is 6.18. The van der Waals surface area contributed by atoms with E-state index < -0.39 is 0 Å². The molecule has 1 aromatic heterocycles. The summed E-state index contributed by atoms with van der Waals surface area (Å²) in [6.07, 6.45) is 14.5. The molecule has 0 aliphatic heterocycles. The first-order valence-electron chi connectivity index (χ1n) is 8.35. The van der Waals surface area contributed by atoms with Gasteiger partial charge in [-0.05, 0) is 18.1 Å². The van der Waals surface area contributed by atoms with Gasteiger partial charge in [-0.25, -0.2) is 0 Å². The Hall–Kier alpha value is 0.240.